The van der Waals surface area contributed by atoms with Crippen LogP contribution < -0.4 is 38.4 Å². The van der Waals surface area contributed by atoms with Crippen LogP contribution in [0.2, 0.25) is 0 Å². The average Bonchev–Trinajstić information content (AvgIpc) is 2.51. The van der Waals surface area contributed by atoms with E-state index in [-0.39, 0.29) is 10.6 Å². The molecule has 0 unspecified atom stereocenters. The number of rotatable bonds is 2. The fourth-order valence-corrected chi connectivity index (χ4v) is 3.96. The van der Waals surface area contributed by atoms with Crippen LogP contribution in [0, 0.1) is 5.41 Å². The van der Waals surface area contributed by atoms with E-state index in [1.807, 2.05) is 0 Å². The van der Waals surface area contributed by atoms with Crippen molar-refractivity contribution in [2.24, 2.45) is 5.41 Å². The van der Waals surface area contributed by atoms with E-state index in [9.17, 15) is 0 Å². The van der Waals surface area contributed by atoms with Gasteiger partial charge in [-0.15, -0.1) is 10.9 Å². The molecule has 0 aliphatic rings. The Kier molecular flexibility index (Phi) is 5.59. The Morgan fingerprint density at radius 3 is 1.77 bits per heavy atom. The molecular formula is C16H28B9N. The maximum Gasteiger partial charge on any atom is 0.164 e. The van der Waals surface area contributed by atoms with Gasteiger partial charge in [0, 0.05) is 0 Å². The van der Waals surface area contributed by atoms with Crippen molar-refractivity contribution in [2.75, 3.05) is 0 Å². The Balaban J connectivity index is 2.82. The quantitative estimate of drug-likeness (QED) is 0.498. The van der Waals surface area contributed by atoms with E-state index in [0.29, 0.717) is 0 Å². The van der Waals surface area contributed by atoms with E-state index in [4.69, 9.17) is 4.98 Å². The molecule has 0 aliphatic carbocycles. The molecule has 0 saturated heterocycles. The maximum absolute atomic E-state index is 5.16. The maximum atomic E-state index is 5.16. The smallest absolute Gasteiger partial charge is 0.164 e. The van der Waals surface area contributed by atoms with Crippen LogP contribution in [0.5, 0.6) is 0 Å². The van der Waals surface area contributed by atoms with Crippen molar-refractivity contribution in [1.82, 2.24) is 4.98 Å². The summed E-state index contributed by atoms with van der Waals surface area (Å²) >= 11 is 0. The van der Waals surface area contributed by atoms with Crippen molar-refractivity contribution in [2.45, 2.75) is 26.0 Å². The second-order valence-electron chi connectivity index (χ2n) is 9.66. The molecule has 124 valence electrons. The number of hydrogen-bond acceptors (Lipinski definition) is 1. The van der Waals surface area contributed by atoms with Crippen LogP contribution >= 0.6 is 0 Å². The van der Waals surface area contributed by atoms with Crippen LogP contribution in [-0.4, -0.2) is 75.6 Å². The molecule has 0 amide bonds. The molecule has 0 aliphatic heterocycles. The van der Waals surface area contributed by atoms with Gasteiger partial charge in [0.1, 0.15) is 62.8 Å². The van der Waals surface area contributed by atoms with E-state index >= 15 is 0 Å². The predicted molar refractivity (Wildman–Crippen MR) is 145 cm³/mol. The van der Waals surface area contributed by atoms with Gasteiger partial charge in [-0.25, -0.2) is 0 Å². The second-order valence-corrected chi connectivity index (χ2v) is 9.66. The lowest BCUT2D eigenvalue weighted by Crippen LogP contribution is -2.53. The van der Waals surface area contributed by atoms with Gasteiger partial charge in [-0.1, -0.05) is 59.5 Å². The van der Waals surface area contributed by atoms with Crippen LogP contribution in [0.1, 0.15) is 26.3 Å². The summed E-state index contributed by atoms with van der Waals surface area (Å²) < 4.78 is 0. The van der Waals surface area contributed by atoms with Gasteiger partial charge in [-0.3, -0.25) is 4.98 Å². The average molecular weight is 332 g/mol. The largest absolute Gasteiger partial charge is 0.264 e. The first-order chi connectivity index (χ1) is 11.7. The molecule has 0 radical (unpaired) electrons. The van der Waals surface area contributed by atoms with Gasteiger partial charge in [-0.05, 0) is 16.6 Å². The fraction of sp³-hybridized carbons (Fsp3) is 0.312. The lowest BCUT2D eigenvalue weighted by atomic mass is 9.38. The van der Waals surface area contributed by atoms with Crippen LogP contribution in [-0.2, 0) is 5.21 Å². The molecule has 0 bridgehead atoms. The lowest BCUT2D eigenvalue weighted by Gasteiger charge is -2.42. The Bertz CT molecular complexity index is 885. The molecule has 1 aromatic carbocycles. The van der Waals surface area contributed by atoms with Crippen LogP contribution in [0.25, 0.3) is 11.3 Å². The third-order valence-corrected chi connectivity index (χ3v) is 7.17. The van der Waals surface area contributed by atoms with Gasteiger partial charge in [0.05, 0.1) is 5.69 Å². The zero-order valence-corrected chi connectivity index (χ0v) is 19.0. The molecule has 0 spiro atoms. The van der Waals surface area contributed by atoms with E-state index < -0.39 is 0 Å². The van der Waals surface area contributed by atoms with Crippen LogP contribution in [0.3, 0.4) is 0 Å². The third-order valence-electron chi connectivity index (χ3n) is 7.17. The summed E-state index contributed by atoms with van der Waals surface area (Å²) in [6.45, 7) is 6.98. The first kappa shape index (κ1) is 21.3. The van der Waals surface area contributed by atoms with Gasteiger partial charge >= 0.3 is 0 Å². The minimum Gasteiger partial charge on any atom is -0.264 e. The normalized spacial score (nSPS) is 12.3. The second kappa shape index (κ2) is 6.84. The number of aromatic nitrogens is 1. The Labute approximate surface area is 168 Å². The topological polar surface area (TPSA) is 12.9 Å². The van der Waals surface area contributed by atoms with Gasteiger partial charge < -0.3 is 0 Å². The predicted octanol–water partition coefficient (Wildman–Crippen LogP) is -9.98. The highest BCUT2D eigenvalue weighted by Crippen LogP contribution is 2.34. The fourth-order valence-electron chi connectivity index (χ4n) is 3.96. The summed E-state index contributed by atoms with van der Waals surface area (Å²) in [5.41, 5.74) is 13.4. The molecular weight excluding hydrogens is 303 g/mol. The molecule has 1 aromatic heterocycles. The Hall–Kier alpha value is -1.05. The molecule has 1 heterocycles. The summed E-state index contributed by atoms with van der Waals surface area (Å²) in [7, 11) is 20.3. The Morgan fingerprint density at radius 1 is 0.731 bits per heavy atom. The molecule has 0 atom stereocenters. The molecule has 2 rings (SSSR count). The molecule has 1 nitrogen and oxygen atoms in total. The molecule has 26 heavy (non-hydrogen) atoms. The minimum atomic E-state index is 0.0611. The first-order valence-electron chi connectivity index (χ1n) is 9.77. The summed E-state index contributed by atoms with van der Waals surface area (Å²) in [4.78, 5) is 5.16. The first-order valence-corrected chi connectivity index (χ1v) is 9.77. The SMILES string of the molecule is Bc1cc(-c2nc(B)c(C(B)(B)C(C)(C)C)c(B)c2B)c(B)c(B)c1B. The third kappa shape index (κ3) is 3.29. The van der Waals surface area contributed by atoms with Gasteiger partial charge in [0.2, 0.25) is 0 Å². The number of nitrogens with zero attached hydrogens (tertiary/aromatic N) is 1. The Morgan fingerprint density at radius 2 is 1.27 bits per heavy atom. The summed E-state index contributed by atoms with van der Waals surface area (Å²) in [5, 5.41) is 0.0611. The van der Waals surface area contributed by atoms with Crippen molar-refractivity contribution in [3.05, 3.63) is 11.6 Å². The van der Waals surface area contributed by atoms with Crippen molar-refractivity contribution in [3.63, 3.8) is 0 Å². The number of pyridine rings is 1. The van der Waals surface area contributed by atoms with Crippen molar-refractivity contribution >= 4 is 109 Å². The van der Waals surface area contributed by atoms with E-state index in [0.717, 1.165) is 5.69 Å². The highest BCUT2D eigenvalue weighted by Gasteiger charge is 2.37. The highest BCUT2D eigenvalue weighted by molar-refractivity contribution is 6.64. The van der Waals surface area contributed by atoms with Crippen molar-refractivity contribution in [3.8, 4) is 11.3 Å². The molecule has 10 heteroatoms. The van der Waals surface area contributed by atoms with E-state index in [1.54, 1.807) is 0 Å². The van der Waals surface area contributed by atoms with Gasteiger partial charge in [-0.2, -0.15) is 0 Å². The monoisotopic (exact) mass is 333 g/mol. The lowest BCUT2D eigenvalue weighted by molar-refractivity contribution is 0.360. The van der Waals surface area contributed by atoms with Gasteiger partial charge in [0.25, 0.3) is 0 Å². The minimum absolute atomic E-state index is 0.0611. The molecule has 0 N–H and O–H groups in total. The highest BCUT2D eigenvalue weighted by atomic mass is 14.7. The molecule has 0 saturated carbocycles. The van der Waals surface area contributed by atoms with Gasteiger partial charge in [0.15, 0.2) is 7.85 Å². The van der Waals surface area contributed by atoms with E-state index in [2.05, 4.69) is 97.5 Å². The zero-order chi connectivity index (χ0) is 20.2. The molecule has 0 fully saturated rings. The summed E-state index contributed by atoms with van der Waals surface area (Å²) in [5.74, 6) is 0. The number of hydrogen-bond donors (Lipinski definition) is 0. The standard InChI is InChI=1S/C16H28B9N/c1-15(2,3)16(24,25)7-10(20)12(22)13(26-14(7)23)5-4-6(17)9(19)11(21)8(5)18/h4H,17-25H2,1-3H3. The zero-order valence-electron chi connectivity index (χ0n) is 19.0. The molecule has 2 aromatic rings. The van der Waals surface area contributed by atoms with Crippen molar-refractivity contribution < 1.29 is 0 Å². The summed E-state index contributed by atoms with van der Waals surface area (Å²) in [6.07, 6.45) is 0. The van der Waals surface area contributed by atoms with E-state index in [1.165, 1.54) is 49.5 Å². The van der Waals surface area contributed by atoms with Crippen LogP contribution in [0.15, 0.2) is 6.07 Å². The van der Waals surface area contributed by atoms with Crippen LogP contribution in [0.4, 0.5) is 0 Å². The summed E-state index contributed by atoms with van der Waals surface area (Å²) in [6, 6.07) is 2.32. The van der Waals surface area contributed by atoms with Crippen molar-refractivity contribution in [1.29, 1.82) is 0 Å². The number of benzene rings is 1.